The lowest BCUT2D eigenvalue weighted by molar-refractivity contribution is -0.187. The maximum absolute atomic E-state index is 12.2. The van der Waals surface area contributed by atoms with Crippen molar-refractivity contribution in [1.82, 2.24) is 10.2 Å². The molecular weight excluding hydrogens is 296 g/mol. The van der Waals surface area contributed by atoms with E-state index in [2.05, 4.69) is 5.32 Å². The van der Waals surface area contributed by atoms with Gasteiger partial charge < -0.3 is 19.7 Å². The minimum atomic E-state index is -0.484. The highest BCUT2D eigenvalue weighted by Gasteiger charge is 2.40. The Morgan fingerprint density at radius 2 is 1.74 bits per heavy atom. The number of likely N-dealkylation sites (tertiary alicyclic amines) is 1. The van der Waals surface area contributed by atoms with Gasteiger partial charge in [0.05, 0.1) is 19.8 Å². The van der Waals surface area contributed by atoms with E-state index < -0.39 is 5.79 Å². The van der Waals surface area contributed by atoms with Crippen molar-refractivity contribution in [1.29, 1.82) is 0 Å². The fourth-order valence-corrected chi connectivity index (χ4v) is 2.96. The van der Waals surface area contributed by atoms with Gasteiger partial charge in [0.15, 0.2) is 5.79 Å². The molecule has 2 fully saturated rings. The Morgan fingerprint density at radius 3 is 2.35 bits per heavy atom. The van der Waals surface area contributed by atoms with E-state index >= 15 is 0 Å². The quantitative estimate of drug-likeness (QED) is 0.906. The maximum atomic E-state index is 12.2. The predicted octanol–water partition coefficient (Wildman–Crippen LogP) is 1.09. The highest BCUT2D eigenvalue weighted by atomic mass is 16.7. The first-order chi connectivity index (χ1) is 11.1. The molecule has 6 nitrogen and oxygen atoms in total. The van der Waals surface area contributed by atoms with Crippen LogP contribution >= 0.6 is 0 Å². The van der Waals surface area contributed by atoms with E-state index in [-0.39, 0.29) is 18.4 Å². The zero-order valence-corrected chi connectivity index (χ0v) is 13.3. The fraction of sp³-hybridized carbons (Fsp3) is 0.529. The SMILES string of the molecule is Cc1ccc(C(=O)NCC(=O)N2CCC3(CC2)OCCO3)cc1. The molecule has 1 spiro atoms. The smallest absolute Gasteiger partial charge is 0.251 e. The van der Waals surface area contributed by atoms with Crippen LogP contribution in [0.1, 0.15) is 28.8 Å². The lowest BCUT2D eigenvalue weighted by Crippen LogP contribution is -2.49. The van der Waals surface area contributed by atoms with Gasteiger partial charge in [0.2, 0.25) is 5.91 Å². The number of amides is 2. The third kappa shape index (κ3) is 3.71. The Labute approximate surface area is 135 Å². The molecule has 0 aromatic heterocycles. The Kier molecular flexibility index (Phi) is 4.63. The number of piperidine rings is 1. The average molecular weight is 318 g/mol. The molecule has 2 amide bonds. The standard InChI is InChI=1S/C17H22N2O4/c1-13-2-4-14(5-3-13)16(21)18-12-15(20)19-8-6-17(7-9-19)22-10-11-23-17/h2-5H,6-12H2,1H3,(H,18,21). The van der Waals surface area contributed by atoms with Crippen molar-refractivity contribution in [2.75, 3.05) is 32.8 Å². The number of aryl methyl sites for hydroxylation is 1. The van der Waals surface area contributed by atoms with Crippen molar-refractivity contribution in [3.63, 3.8) is 0 Å². The van der Waals surface area contributed by atoms with Crippen LogP contribution < -0.4 is 5.32 Å². The Hall–Kier alpha value is -1.92. The molecule has 2 aliphatic heterocycles. The molecule has 124 valence electrons. The molecule has 0 atom stereocenters. The molecule has 2 saturated heterocycles. The number of carbonyl (C=O) groups excluding carboxylic acids is 2. The molecule has 0 bridgehead atoms. The van der Waals surface area contributed by atoms with E-state index in [0.717, 1.165) is 5.56 Å². The summed E-state index contributed by atoms with van der Waals surface area (Å²) in [6.45, 7) is 4.42. The van der Waals surface area contributed by atoms with Crippen molar-refractivity contribution < 1.29 is 19.1 Å². The van der Waals surface area contributed by atoms with Crippen molar-refractivity contribution in [2.24, 2.45) is 0 Å². The molecule has 3 rings (SSSR count). The van der Waals surface area contributed by atoms with Crippen LogP contribution in [0, 0.1) is 6.92 Å². The summed E-state index contributed by atoms with van der Waals surface area (Å²) in [7, 11) is 0. The Balaban J connectivity index is 1.46. The zero-order valence-electron chi connectivity index (χ0n) is 13.3. The summed E-state index contributed by atoms with van der Waals surface area (Å²) in [5.41, 5.74) is 1.66. The van der Waals surface area contributed by atoms with Gasteiger partial charge in [-0.05, 0) is 19.1 Å². The van der Waals surface area contributed by atoms with Crippen LogP contribution in [0.25, 0.3) is 0 Å². The summed E-state index contributed by atoms with van der Waals surface area (Å²) in [5.74, 6) is -0.783. The largest absolute Gasteiger partial charge is 0.347 e. The fourth-order valence-electron chi connectivity index (χ4n) is 2.96. The number of ether oxygens (including phenoxy) is 2. The molecule has 2 heterocycles. The number of benzene rings is 1. The molecule has 0 unspecified atom stereocenters. The molecule has 1 N–H and O–H groups in total. The van der Waals surface area contributed by atoms with E-state index in [1.807, 2.05) is 19.1 Å². The predicted molar refractivity (Wildman–Crippen MR) is 84.0 cm³/mol. The van der Waals surface area contributed by atoms with Crippen LogP contribution in [0.5, 0.6) is 0 Å². The molecule has 1 aromatic rings. The van der Waals surface area contributed by atoms with Crippen LogP contribution in [-0.4, -0.2) is 55.3 Å². The first-order valence-corrected chi connectivity index (χ1v) is 7.99. The lowest BCUT2D eigenvalue weighted by atomic mass is 10.0. The van der Waals surface area contributed by atoms with Gasteiger partial charge in [0, 0.05) is 31.5 Å². The number of hydrogen-bond donors (Lipinski definition) is 1. The normalized spacial score (nSPS) is 19.8. The summed E-state index contributed by atoms with van der Waals surface area (Å²) in [5, 5.41) is 2.68. The molecule has 0 saturated carbocycles. The first-order valence-electron chi connectivity index (χ1n) is 7.99. The molecule has 6 heteroatoms. The summed E-state index contributed by atoms with van der Waals surface area (Å²) in [6.07, 6.45) is 1.37. The number of nitrogens with zero attached hydrogens (tertiary/aromatic N) is 1. The summed E-state index contributed by atoms with van der Waals surface area (Å²) in [6, 6.07) is 7.27. The van der Waals surface area contributed by atoms with E-state index in [9.17, 15) is 9.59 Å². The van der Waals surface area contributed by atoms with Crippen molar-refractivity contribution >= 4 is 11.8 Å². The second-order valence-electron chi connectivity index (χ2n) is 6.04. The second-order valence-corrected chi connectivity index (χ2v) is 6.04. The van der Waals surface area contributed by atoms with Gasteiger partial charge in [-0.25, -0.2) is 0 Å². The van der Waals surface area contributed by atoms with E-state index in [1.165, 1.54) is 0 Å². The zero-order chi connectivity index (χ0) is 16.3. The Bertz CT molecular complexity index is 569. The molecule has 23 heavy (non-hydrogen) atoms. The van der Waals surface area contributed by atoms with Gasteiger partial charge in [-0.15, -0.1) is 0 Å². The van der Waals surface area contributed by atoms with Crippen molar-refractivity contribution in [2.45, 2.75) is 25.6 Å². The second kappa shape index (κ2) is 6.68. The van der Waals surface area contributed by atoms with Crippen LogP contribution in [-0.2, 0) is 14.3 Å². The van der Waals surface area contributed by atoms with Gasteiger partial charge in [0.1, 0.15) is 0 Å². The molecule has 0 aliphatic carbocycles. The number of rotatable bonds is 3. The van der Waals surface area contributed by atoms with Crippen LogP contribution in [0.3, 0.4) is 0 Å². The first kappa shape index (κ1) is 16.0. The van der Waals surface area contributed by atoms with Crippen molar-refractivity contribution in [3.8, 4) is 0 Å². The third-order valence-corrected chi connectivity index (χ3v) is 4.41. The number of carbonyl (C=O) groups is 2. The van der Waals surface area contributed by atoms with Gasteiger partial charge in [-0.3, -0.25) is 9.59 Å². The topological polar surface area (TPSA) is 67.9 Å². The highest BCUT2D eigenvalue weighted by molar-refractivity contribution is 5.96. The van der Waals surface area contributed by atoms with E-state index in [4.69, 9.17) is 9.47 Å². The lowest BCUT2D eigenvalue weighted by Gasteiger charge is -2.37. The number of nitrogens with one attached hydrogen (secondary N) is 1. The van der Waals surface area contributed by atoms with E-state index in [0.29, 0.717) is 44.7 Å². The highest BCUT2D eigenvalue weighted by Crippen LogP contribution is 2.31. The maximum Gasteiger partial charge on any atom is 0.251 e. The van der Waals surface area contributed by atoms with Gasteiger partial charge in [-0.1, -0.05) is 17.7 Å². The van der Waals surface area contributed by atoms with Crippen LogP contribution in [0.4, 0.5) is 0 Å². The van der Waals surface area contributed by atoms with Gasteiger partial charge >= 0.3 is 0 Å². The molecule has 0 radical (unpaired) electrons. The van der Waals surface area contributed by atoms with Crippen LogP contribution in [0.2, 0.25) is 0 Å². The third-order valence-electron chi connectivity index (χ3n) is 4.41. The average Bonchev–Trinajstić information content (AvgIpc) is 3.02. The monoisotopic (exact) mass is 318 g/mol. The van der Waals surface area contributed by atoms with E-state index in [1.54, 1.807) is 17.0 Å². The van der Waals surface area contributed by atoms with Gasteiger partial charge in [-0.2, -0.15) is 0 Å². The molecule has 2 aliphatic rings. The number of hydrogen-bond acceptors (Lipinski definition) is 4. The summed E-state index contributed by atoms with van der Waals surface area (Å²) in [4.78, 5) is 26.0. The van der Waals surface area contributed by atoms with Gasteiger partial charge in [0.25, 0.3) is 5.91 Å². The molecule has 1 aromatic carbocycles. The van der Waals surface area contributed by atoms with Crippen LogP contribution in [0.15, 0.2) is 24.3 Å². The minimum Gasteiger partial charge on any atom is -0.347 e. The minimum absolute atomic E-state index is 0.0153. The molecular formula is C17H22N2O4. The Morgan fingerprint density at radius 1 is 1.13 bits per heavy atom. The van der Waals surface area contributed by atoms with Crippen molar-refractivity contribution in [3.05, 3.63) is 35.4 Å². The summed E-state index contributed by atoms with van der Waals surface area (Å²) >= 11 is 0. The summed E-state index contributed by atoms with van der Waals surface area (Å²) < 4.78 is 11.3.